The highest BCUT2D eigenvalue weighted by atomic mass is 32.2. The maximum absolute atomic E-state index is 12.0. The molecular formula is C11H22N2OS. The molecule has 2 atom stereocenters. The molecule has 0 radical (unpaired) electrons. The summed E-state index contributed by atoms with van der Waals surface area (Å²) < 4.78 is 0. The quantitative estimate of drug-likeness (QED) is 0.770. The predicted octanol–water partition coefficient (Wildman–Crippen LogP) is 1.20. The van der Waals surface area contributed by atoms with Crippen LogP contribution in [0.4, 0.5) is 0 Å². The number of carbonyl (C=O) groups excluding carboxylic acids is 1. The molecule has 1 amide bonds. The van der Waals surface area contributed by atoms with Gasteiger partial charge in [0, 0.05) is 13.1 Å². The number of rotatable bonds is 5. The largest absolute Gasteiger partial charge is 0.341 e. The molecule has 4 heteroatoms. The van der Waals surface area contributed by atoms with Gasteiger partial charge < -0.3 is 10.2 Å². The van der Waals surface area contributed by atoms with E-state index in [4.69, 9.17) is 0 Å². The fourth-order valence-electron chi connectivity index (χ4n) is 2.10. The van der Waals surface area contributed by atoms with Crippen LogP contribution in [0.1, 0.15) is 19.8 Å². The molecule has 1 fully saturated rings. The van der Waals surface area contributed by atoms with E-state index in [0.717, 1.165) is 31.7 Å². The molecule has 1 aliphatic heterocycles. The number of thioether (sulfide) groups is 1. The first-order chi connectivity index (χ1) is 7.19. The van der Waals surface area contributed by atoms with Crippen LogP contribution in [-0.4, -0.2) is 49.0 Å². The van der Waals surface area contributed by atoms with Crippen LogP contribution in [0.3, 0.4) is 0 Å². The summed E-state index contributed by atoms with van der Waals surface area (Å²) >= 11 is 1.85. The third-order valence-corrected chi connectivity index (χ3v) is 3.76. The molecule has 0 aromatic rings. The highest BCUT2D eigenvalue weighted by Crippen LogP contribution is 2.14. The molecule has 0 spiro atoms. The summed E-state index contributed by atoms with van der Waals surface area (Å²) in [5.74, 6) is 2.02. The molecule has 0 aromatic carbocycles. The monoisotopic (exact) mass is 230 g/mol. The van der Waals surface area contributed by atoms with Crippen molar-refractivity contribution in [3.8, 4) is 0 Å². The van der Waals surface area contributed by atoms with E-state index in [9.17, 15) is 4.79 Å². The number of hydrogen-bond donors (Lipinski definition) is 1. The van der Waals surface area contributed by atoms with Crippen molar-refractivity contribution in [3.05, 3.63) is 0 Å². The lowest BCUT2D eigenvalue weighted by Gasteiger charge is -2.33. The Bertz CT molecular complexity index is 211. The molecule has 0 aliphatic carbocycles. The Labute approximate surface area is 97.0 Å². The Balaban J connectivity index is 2.43. The topological polar surface area (TPSA) is 32.3 Å². The fourth-order valence-corrected chi connectivity index (χ4v) is 2.78. The van der Waals surface area contributed by atoms with Gasteiger partial charge in [-0.05, 0) is 37.8 Å². The molecule has 1 N–H and O–H groups in total. The number of hydrogen-bond acceptors (Lipinski definition) is 3. The minimum Gasteiger partial charge on any atom is -0.341 e. The van der Waals surface area contributed by atoms with Crippen molar-refractivity contribution in [2.24, 2.45) is 5.92 Å². The van der Waals surface area contributed by atoms with Crippen molar-refractivity contribution < 1.29 is 4.79 Å². The summed E-state index contributed by atoms with van der Waals surface area (Å²) in [5.41, 5.74) is 0. The van der Waals surface area contributed by atoms with Crippen LogP contribution in [-0.2, 0) is 4.79 Å². The van der Waals surface area contributed by atoms with Crippen LogP contribution in [0.15, 0.2) is 0 Å². The van der Waals surface area contributed by atoms with Crippen molar-refractivity contribution in [1.82, 2.24) is 10.2 Å². The second-order valence-electron chi connectivity index (χ2n) is 4.33. The zero-order chi connectivity index (χ0) is 11.3. The van der Waals surface area contributed by atoms with E-state index < -0.39 is 0 Å². The van der Waals surface area contributed by atoms with E-state index in [2.05, 4.69) is 18.5 Å². The maximum atomic E-state index is 12.0. The lowest BCUT2D eigenvalue weighted by molar-refractivity contribution is -0.136. The SMILES string of the molecule is CNC1CCCN(CC(C)CSC)C1=O. The van der Waals surface area contributed by atoms with E-state index in [1.807, 2.05) is 23.7 Å². The van der Waals surface area contributed by atoms with Gasteiger partial charge >= 0.3 is 0 Å². The van der Waals surface area contributed by atoms with Gasteiger partial charge in [-0.1, -0.05) is 6.92 Å². The van der Waals surface area contributed by atoms with E-state index in [-0.39, 0.29) is 11.9 Å². The molecule has 1 heterocycles. The van der Waals surface area contributed by atoms with Crippen LogP contribution in [0, 0.1) is 5.92 Å². The Morgan fingerprint density at radius 3 is 3.00 bits per heavy atom. The summed E-state index contributed by atoms with van der Waals surface area (Å²) in [4.78, 5) is 14.0. The van der Waals surface area contributed by atoms with Gasteiger partial charge in [-0.3, -0.25) is 4.79 Å². The molecule has 3 nitrogen and oxygen atoms in total. The molecule has 1 aliphatic rings. The van der Waals surface area contributed by atoms with E-state index >= 15 is 0 Å². The molecule has 2 unspecified atom stereocenters. The summed E-state index contributed by atoms with van der Waals surface area (Å²) in [5, 5.41) is 3.09. The van der Waals surface area contributed by atoms with Gasteiger partial charge in [0.15, 0.2) is 0 Å². The zero-order valence-corrected chi connectivity index (χ0v) is 10.8. The van der Waals surface area contributed by atoms with Crippen molar-refractivity contribution in [2.45, 2.75) is 25.8 Å². The average Bonchev–Trinajstić information content (AvgIpc) is 2.21. The normalized spacial score (nSPS) is 24.3. The van der Waals surface area contributed by atoms with Crippen LogP contribution in [0.5, 0.6) is 0 Å². The average molecular weight is 230 g/mol. The summed E-state index contributed by atoms with van der Waals surface area (Å²) in [6.45, 7) is 4.07. The summed E-state index contributed by atoms with van der Waals surface area (Å²) in [6, 6.07) is 0.0558. The Morgan fingerprint density at radius 2 is 2.40 bits per heavy atom. The highest BCUT2D eigenvalue weighted by Gasteiger charge is 2.27. The number of carbonyl (C=O) groups is 1. The Morgan fingerprint density at radius 1 is 1.67 bits per heavy atom. The van der Waals surface area contributed by atoms with Crippen LogP contribution < -0.4 is 5.32 Å². The number of likely N-dealkylation sites (tertiary alicyclic amines) is 1. The number of likely N-dealkylation sites (N-methyl/N-ethyl adjacent to an activating group) is 1. The van der Waals surface area contributed by atoms with E-state index in [0.29, 0.717) is 5.92 Å². The van der Waals surface area contributed by atoms with Crippen molar-refractivity contribution in [3.63, 3.8) is 0 Å². The molecule has 1 saturated heterocycles. The molecule has 15 heavy (non-hydrogen) atoms. The lowest BCUT2D eigenvalue weighted by Crippen LogP contribution is -2.50. The van der Waals surface area contributed by atoms with Gasteiger partial charge in [0.05, 0.1) is 6.04 Å². The first-order valence-electron chi connectivity index (χ1n) is 5.64. The smallest absolute Gasteiger partial charge is 0.239 e. The van der Waals surface area contributed by atoms with E-state index in [1.165, 1.54) is 0 Å². The van der Waals surface area contributed by atoms with Gasteiger partial charge in [-0.2, -0.15) is 11.8 Å². The second-order valence-corrected chi connectivity index (χ2v) is 5.24. The van der Waals surface area contributed by atoms with Gasteiger partial charge in [-0.15, -0.1) is 0 Å². The lowest BCUT2D eigenvalue weighted by atomic mass is 10.0. The van der Waals surface area contributed by atoms with E-state index in [1.54, 1.807) is 0 Å². The maximum Gasteiger partial charge on any atom is 0.239 e. The molecular weight excluding hydrogens is 208 g/mol. The van der Waals surface area contributed by atoms with Gasteiger partial charge in [0.1, 0.15) is 0 Å². The molecule has 0 saturated carbocycles. The Kier molecular flexibility index (Phi) is 5.47. The predicted molar refractivity (Wildman–Crippen MR) is 66.2 cm³/mol. The van der Waals surface area contributed by atoms with Gasteiger partial charge in [-0.25, -0.2) is 0 Å². The Hall–Kier alpha value is -0.220. The van der Waals surface area contributed by atoms with Crippen molar-refractivity contribution in [2.75, 3.05) is 32.1 Å². The van der Waals surface area contributed by atoms with Crippen LogP contribution in [0.2, 0.25) is 0 Å². The molecule has 0 bridgehead atoms. The van der Waals surface area contributed by atoms with Gasteiger partial charge in [0.2, 0.25) is 5.91 Å². The number of nitrogens with zero attached hydrogens (tertiary/aromatic N) is 1. The number of amides is 1. The number of nitrogens with one attached hydrogen (secondary N) is 1. The first-order valence-corrected chi connectivity index (χ1v) is 7.03. The zero-order valence-electron chi connectivity index (χ0n) is 9.95. The number of piperidine rings is 1. The first kappa shape index (κ1) is 12.8. The molecule has 1 rings (SSSR count). The highest BCUT2D eigenvalue weighted by molar-refractivity contribution is 7.98. The van der Waals surface area contributed by atoms with Crippen LogP contribution >= 0.6 is 11.8 Å². The summed E-state index contributed by atoms with van der Waals surface area (Å²) in [6.07, 6.45) is 4.23. The van der Waals surface area contributed by atoms with Gasteiger partial charge in [0.25, 0.3) is 0 Å². The third kappa shape index (κ3) is 3.68. The van der Waals surface area contributed by atoms with Crippen molar-refractivity contribution >= 4 is 17.7 Å². The summed E-state index contributed by atoms with van der Waals surface area (Å²) in [7, 11) is 1.87. The second kappa shape index (κ2) is 6.38. The molecule has 88 valence electrons. The van der Waals surface area contributed by atoms with Crippen LogP contribution in [0.25, 0.3) is 0 Å². The van der Waals surface area contributed by atoms with Crippen molar-refractivity contribution in [1.29, 1.82) is 0 Å². The minimum absolute atomic E-state index is 0.0558. The standard InChI is InChI=1S/C11H22N2OS/c1-9(8-15-3)7-13-6-4-5-10(12-2)11(13)14/h9-10,12H,4-8H2,1-3H3. The fraction of sp³-hybridized carbons (Fsp3) is 0.909. The minimum atomic E-state index is 0.0558. The molecule has 0 aromatic heterocycles. The third-order valence-electron chi connectivity index (χ3n) is 2.86.